The van der Waals surface area contributed by atoms with Gasteiger partial charge in [0.15, 0.2) is 0 Å². The van der Waals surface area contributed by atoms with Crippen LogP contribution in [0.25, 0.3) is 0 Å². The van der Waals surface area contributed by atoms with Gasteiger partial charge in [-0.25, -0.2) is 13.1 Å². The zero-order valence-corrected chi connectivity index (χ0v) is 13.4. The normalized spacial score (nSPS) is 25.0. The van der Waals surface area contributed by atoms with Crippen LogP contribution in [0.5, 0.6) is 0 Å². The van der Waals surface area contributed by atoms with Gasteiger partial charge in [0.25, 0.3) is 0 Å². The quantitative estimate of drug-likeness (QED) is 0.540. The van der Waals surface area contributed by atoms with Crippen LogP contribution in [0, 0.1) is 5.41 Å². The van der Waals surface area contributed by atoms with Crippen LogP contribution < -0.4 is 10.5 Å². The van der Waals surface area contributed by atoms with Crippen molar-refractivity contribution in [1.82, 2.24) is 4.72 Å². The Morgan fingerprint density at radius 2 is 1.62 bits per heavy atom. The molecule has 1 aliphatic heterocycles. The number of hydrogen-bond donors (Lipinski definition) is 3. The highest BCUT2D eigenvalue weighted by atomic mass is 32.2. The predicted octanol–water partition coefficient (Wildman–Crippen LogP) is 1.50. The summed E-state index contributed by atoms with van der Waals surface area (Å²) in [6, 6.07) is 0. The van der Waals surface area contributed by atoms with Crippen LogP contribution in [0.1, 0.15) is 57.8 Å². The van der Waals surface area contributed by atoms with E-state index in [0.29, 0.717) is 38.9 Å². The van der Waals surface area contributed by atoms with E-state index in [9.17, 15) is 8.42 Å². The topological polar surface area (TPSA) is 105 Å². The van der Waals surface area contributed by atoms with Crippen molar-refractivity contribution < 1.29 is 13.2 Å². The lowest BCUT2D eigenvalue weighted by Crippen LogP contribution is -2.59. The van der Waals surface area contributed by atoms with E-state index in [0.717, 1.165) is 25.7 Å². The average molecular weight is 317 g/mol. The summed E-state index contributed by atoms with van der Waals surface area (Å²) in [7, 11) is -3.47. The molecule has 0 bridgehead atoms. The monoisotopic (exact) mass is 317 g/mol. The predicted molar refractivity (Wildman–Crippen MR) is 82.9 cm³/mol. The van der Waals surface area contributed by atoms with Gasteiger partial charge in [-0.1, -0.05) is 32.1 Å². The molecule has 0 atom stereocenters. The van der Waals surface area contributed by atoms with E-state index in [4.69, 9.17) is 15.9 Å². The van der Waals surface area contributed by atoms with Crippen LogP contribution in [0.4, 0.5) is 0 Å². The average Bonchev–Trinajstić information content (AvgIpc) is 2.42. The van der Waals surface area contributed by atoms with Crippen molar-refractivity contribution in [2.75, 3.05) is 13.2 Å². The fraction of sp³-hybridized carbons (Fsp3) is 0.929. The molecule has 1 aliphatic carbocycles. The molecule has 0 aromatic rings. The summed E-state index contributed by atoms with van der Waals surface area (Å²) in [4.78, 5) is 0. The smallest absolute Gasteiger partial charge is 0.215 e. The Labute approximate surface area is 127 Å². The third-order valence-electron chi connectivity index (χ3n) is 4.67. The van der Waals surface area contributed by atoms with Gasteiger partial charge < -0.3 is 10.5 Å². The highest BCUT2D eigenvalue weighted by Gasteiger charge is 2.40. The van der Waals surface area contributed by atoms with Crippen molar-refractivity contribution in [2.45, 2.75) is 68.6 Å². The van der Waals surface area contributed by atoms with E-state index in [1.165, 1.54) is 6.42 Å². The van der Waals surface area contributed by atoms with Gasteiger partial charge in [-0.15, -0.1) is 0 Å². The summed E-state index contributed by atoms with van der Waals surface area (Å²) in [6.45, 7) is 0.970. The molecule has 4 N–H and O–H groups in total. The lowest BCUT2D eigenvalue weighted by atomic mass is 9.84. The number of nitrogens with two attached hydrogens (primary N) is 1. The van der Waals surface area contributed by atoms with Gasteiger partial charge in [-0.3, -0.25) is 5.41 Å². The van der Waals surface area contributed by atoms with Crippen LogP contribution in [-0.2, 0) is 14.8 Å². The van der Waals surface area contributed by atoms with Crippen molar-refractivity contribution in [3.63, 3.8) is 0 Å². The molecule has 1 heterocycles. The zero-order valence-electron chi connectivity index (χ0n) is 12.6. The van der Waals surface area contributed by atoms with Gasteiger partial charge in [-0.05, 0) is 25.7 Å². The van der Waals surface area contributed by atoms with Crippen molar-refractivity contribution in [2.24, 2.45) is 5.73 Å². The second kappa shape index (κ2) is 7.07. The molecule has 0 radical (unpaired) electrons. The maximum absolute atomic E-state index is 12.6. The number of sulfonamides is 1. The van der Waals surface area contributed by atoms with E-state index < -0.39 is 20.8 Å². The molecule has 2 aliphatic rings. The first-order valence-corrected chi connectivity index (χ1v) is 9.46. The molecule has 0 spiro atoms. The second-order valence-electron chi connectivity index (χ2n) is 6.22. The zero-order chi connectivity index (χ0) is 15.3. The van der Waals surface area contributed by atoms with Crippen LogP contribution in [-0.4, -0.2) is 38.3 Å². The SMILES string of the molecule is N=C(N)C1(NS(=O)(=O)C2CCOCC2)CCCCCCC1. The number of hydrogen-bond acceptors (Lipinski definition) is 4. The first kappa shape index (κ1) is 16.7. The minimum absolute atomic E-state index is 0.0416. The molecule has 122 valence electrons. The fourth-order valence-electron chi connectivity index (χ4n) is 3.28. The summed E-state index contributed by atoms with van der Waals surface area (Å²) in [5, 5.41) is 7.50. The van der Waals surface area contributed by atoms with E-state index in [2.05, 4.69) is 4.72 Å². The van der Waals surface area contributed by atoms with Crippen molar-refractivity contribution >= 4 is 15.9 Å². The standard InChI is InChI=1S/C14H27N3O3S/c15-13(16)14(8-4-2-1-3-5-9-14)17-21(18,19)12-6-10-20-11-7-12/h12,17H,1-11H2,(H3,15,16). The van der Waals surface area contributed by atoms with Crippen LogP contribution >= 0.6 is 0 Å². The third-order valence-corrected chi connectivity index (χ3v) is 6.69. The maximum Gasteiger partial charge on any atom is 0.215 e. The molecule has 0 aromatic carbocycles. The van der Waals surface area contributed by atoms with Gasteiger partial charge in [0.05, 0.1) is 10.8 Å². The lowest BCUT2D eigenvalue weighted by Gasteiger charge is -2.36. The fourth-order valence-corrected chi connectivity index (χ4v) is 5.12. The largest absolute Gasteiger partial charge is 0.386 e. The number of amidine groups is 1. The molecule has 21 heavy (non-hydrogen) atoms. The Bertz CT molecular complexity index is 450. The lowest BCUT2D eigenvalue weighted by molar-refractivity contribution is 0.0979. The first-order valence-electron chi connectivity index (χ1n) is 7.91. The van der Waals surface area contributed by atoms with Gasteiger partial charge in [0.2, 0.25) is 10.0 Å². The molecular weight excluding hydrogens is 290 g/mol. The molecule has 0 amide bonds. The number of ether oxygens (including phenoxy) is 1. The Morgan fingerprint density at radius 3 is 2.14 bits per heavy atom. The summed E-state index contributed by atoms with van der Waals surface area (Å²) in [5.74, 6) is -0.0416. The van der Waals surface area contributed by atoms with Crippen LogP contribution in [0.2, 0.25) is 0 Å². The van der Waals surface area contributed by atoms with E-state index in [-0.39, 0.29) is 5.84 Å². The van der Waals surface area contributed by atoms with Crippen molar-refractivity contribution in [3.05, 3.63) is 0 Å². The van der Waals surface area contributed by atoms with Gasteiger partial charge in [0, 0.05) is 13.2 Å². The maximum atomic E-state index is 12.6. The molecule has 7 heteroatoms. The molecular formula is C14H27N3O3S. The Hall–Kier alpha value is -0.660. The van der Waals surface area contributed by atoms with Crippen molar-refractivity contribution in [1.29, 1.82) is 5.41 Å². The Morgan fingerprint density at radius 1 is 1.10 bits per heavy atom. The van der Waals surface area contributed by atoms with Crippen LogP contribution in [0.3, 0.4) is 0 Å². The van der Waals surface area contributed by atoms with E-state index in [1.54, 1.807) is 0 Å². The number of rotatable bonds is 4. The molecule has 1 saturated heterocycles. The summed E-state index contributed by atoms with van der Waals surface area (Å²) < 4.78 is 33.3. The molecule has 2 fully saturated rings. The minimum Gasteiger partial charge on any atom is -0.386 e. The molecule has 0 unspecified atom stereocenters. The van der Waals surface area contributed by atoms with E-state index >= 15 is 0 Å². The van der Waals surface area contributed by atoms with E-state index in [1.807, 2.05) is 0 Å². The van der Waals surface area contributed by atoms with Gasteiger partial charge in [-0.2, -0.15) is 0 Å². The van der Waals surface area contributed by atoms with Crippen LogP contribution in [0.15, 0.2) is 0 Å². The summed E-state index contributed by atoms with van der Waals surface area (Å²) in [5.41, 5.74) is 4.91. The molecule has 1 saturated carbocycles. The van der Waals surface area contributed by atoms with Gasteiger partial charge in [0.1, 0.15) is 5.84 Å². The minimum atomic E-state index is -3.47. The van der Waals surface area contributed by atoms with Gasteiger partial charge >= 0.3 is 0 Å². The highest BCUT2D eigenvalue weighted by molar-refractivity contribution is 7.90. The highest BCUT2D eigenvalue weighted by Crippen LogP contribution is 2.28. The summed E-state index contributed by atoms with van der Waals surface area (Å²) >= 11 is 0. The number of nitrogens with one attached hydrogen (secondary N) is 2. The third kappa shape index (κ3) is 4.17. The second-order valence-corrected chi connectivity index (χ2v) is 8.18. The Kier molecular flexibility index (Phi) is 5.62. The summed E-state index contributed by atoms with van der Waals surface area (Å²) in [6.07, 6.45) is 7.46. The van der Waals surface area contributed by atoms with Crippen molar-refractivity contribution in [3.8, 4) is 0 Å². The molecule has 0 aromatic heterocycles. The molecule has 6 nitrogen and oxygen atoms in total. The first-order chi connectivity index (χ1) is 9.96. The Balaban J connectivity index is 2.15. The molecule has 2 rings (SSSR count).